The molecule has 60 heavy (non-hydrogen) atoms. The van der Waals surface area contributed by atoms with Gasteiger partial charge in [-0.1, -0.05) is 237 Å². The van der Waals surface area contributed by atoms with Crippen LogP contribution in [0.1, 0.15) is 284 Å². The predicted octanol–water partition coefficient (Wildman–Crippen LogP) is 15.9. The van der Waals surface area contributed by atoms with Crippen molar-refractivity contribution in [3.05, 3.63) is 24.3 Å². The van der Waals surface area contributed by atoms with Crippen LogP contribution in [0.5, 0.6) is 0 Å². The van der Waals surface area contributed by atoms with Crippen LogP contribution >= 0.6 is 0 Å². The van der Waals surface area contributed by atoms with Crippen LogP contribution in [-0.2, 0) is 14.3 Å². The topological polar surface area (TPSA) is 95.9 Å². The average Bonchev–Trinajstić information content (AvgIpc) is 3.25. The number of carbonyl (C=O) groups is 2. The second-order valence-electron chi connectivity index (χ2n) is 18.2. The summed E-state index contributed by atoms with van der Waals surface area (Å²) in [6, 6.07) is -0.634. The molecule has 2 unspecified atom stereocenters. The van der Waals surface area contributed by atoms with Crippen molar-refractivity contribution in [2.45, 2.75) is 296 Å². The van der Waals surface area contributed by atoms with Crippen molar-refractivity contribution in [3.63, 3.8) is 0 Å². The number of aliphatic hydroxyl groups is 2. The van der Waals surface area contributed by atoms with Crippen molar-refractivity contribution in [1.82, 2.24) is 5.32 Å². The molecule has 0 fully saturated rings. The summed E-state index contributed by atoms with van der Waals surface area (Å²) in [5, 5.41) is 22.9. The van der Waals surface area contributed by atoms with E-state index in [0.717, 1.165) is 57.8 Å². The number of hydrogen-bond acceptors (Lipinski definition) is 5. The maximum absolute atomic E-state index is 12.4. The molecule has 0 bridgehead atoms. The van der Waals surface area contributed by atoms with Crippen molar-refractivity contribution in [2.75, 3.05) is 13.2 Å². The molecule has 0 saturated carbocycles. The first-order chi connectivity index (χ1) is 29.5. The van der Waals surface area contributed by atoms with Crippen LogP contribution in [0.4, 0.5) is 0 Å². The van der Waals surface area contributed by atoms with Crippen LogP contribution < -0.4 is 5.32 Å². The number of ether oxygens (including phenoxy) is 1. The number of carbonyl (C=O) groups excluding carboxylic acids is 2. The Kier molecular flexibility index (Phi) is 48.6. The lowest BCUT2D eigenvalue weighted by Crippen LogP contribution is -2.45. The van der Waals surface area contributed by atoms with Crippen molar-refractivity contribution in [1.29, 1.82) is 0 Å². The molecule has 0 spiro atoms. The third-order valence-electron chi connectivity index (χ3n) is 12.2. The molecular weight excluding hydrogens is 743 g/mol. The minimum Gasteiger partial charge on any atom is -0.466 e. The van der Waals surface area contributed by atoms with E-state index in [2.05, 4.69) is 31.3 Å². The van der Waals surface area contributed by atoms with Gasteiger partial charge in [0.1, 0.15) is 0 Å². The van der Waals surface area contributed by atoms with Gasteiger partial charge in [-0.05, 0) is 57.8 Å². The van der Waals surface area contributed by atoms with E-state index in [4.69, 9.17) is 4.74 Å². The number of aliphatic hydroxyl groups excluding tert-OH is 2. The highest BCUT2D eigenvalue weighted by atomic mass is 16.5. The first kappa shape index (κ1) is 58.3. The summed E-state index contributed by atoms with van der Waals surface area (Å²) in [7, 11) is 0. The van der Waals surface area contributed by atoms with Crippen molar-refractivity contribution < 1.29 is 24.5 Å². The molecule has 0 heterocycles. The summed E-state index contributed by atoms with van der Waals surface area (Å²) in [6.45, 7) is 4.86. The maximum Gasteiger partial charge on any atom is 0.305 e. The lowest BCUT2D eigenvalue weighted by atomic mass is 10.0. The Morgan fingerprint density at radius 3 is 1.18 bits per heavy atom. The van der Waals surface area contributed by atoms with Gasteiger partial charge in [-0.3, -0.25) is 9.59 Å². The Labute approximate surface area is 373 Å². The molecule has 0 saturated heterocycles. The summed E-state index contributed by atoms with van der Waals surface area (Å²) in [5.74, 6) is -0.0821. The van der Waals surface area contributed by atoms with Crippen LogP contribution in [-0.4, -0.2) is 47.4 Å². The smallest absolute Gasteiger partial charge is 0.305 e. The van der Waals surface area contributed by atoms with E-state index < -0.39 is 12.1 Å². The van der Waals surface area contributed by atoms with Gasteiger partial charge < -0.3 is 20.3 Å². The van der Waals surface area contributed by atoms with Crippen molar-refractivity contribution in [3.8, 4) is 0 Å². The normalized spacial score (nSPS) is 12.8. The quantitative estimate of drug-likeness (QED) is 0.0322. The third-order valence-corrected chi connectivity index (χ3v) is 12.2. The van der Waals surface area contributed by atoms with E-state index in [1.807, 2.05) is 6.08 Å². The first-order valence-corrected chi connectivity index (χ1v) is 26.6. The molecule has 0 aliphatic heterocycles. The van der Waals surface area contributed by atoms with E-state index in [-0.39, 0.29) is 18.5 Å². The molecule has 2 atom stereocenters. The molecule has 3 N–H and O–H groups in total. The number of allylic oxidation sites excluding steroid dienone is 3. The molecule has 1 amide bonds. The van der Waals surface area contributed by atoms with E-state index in [0.29, 0.717) is 19.4 Å². The second kappa shape index (κ2) is 50.0. The van der Waals surface area contributed by atoms with Gasteiger partial charge in [0.25, 0.3) is 0 Å². The molecule has 0 aliphatic rings. The molecule has 6 nitrogen and oxygen atoms in total. The molecular formula is C54H103NO5. The minimum absolute atomic E-state index is 0.000637. The molecule has 6 heteroatoms. The molecule has 0 aromatic rings. The van der Waals surface area contributed by atoms with Crippen molar-refractivity contribution in [2.24, 2.45) is 0 Å². The standard InChI is InChI=1S/C54H103NO5/c1-3-5-7-9-11-13-14-15-16-18-22-25-28-32-36-40-44-48-54(59)60-49-45-41-37-33-29-26-23-20-17-19-21-24-27-31-35-39-43-47-53(58)55-51(50-56)52(57)46-42-38-34-30-12-10-8-6-4-2/h17,20,42,46,51-52,56-57H,3-16,18-19,21-41,43-45,47-50H2,1-2H3,(H,55,58)/b20-17-,46-42+. The summed E-state index contributed by atoms with van der Waals surface area (Å²) in [4.78, 5) is 24.4. The van der Waals surface area contributed by atoms with Gasteiger partial charge in [0.2, 0.25) is 5.91 Å². The number of rotatable bonds is 49. The van der Waals surface area contributed by atoms with Gasteiger partial charge in [0.15, 0.2) is 0 Å². The zero-order valence-electron chi connectivity index (χ0n) is 40.2. The largest absolute Gasteiger partial charge is 0.466 e. The zero-order chi connectivity index (χ0) is 43.7. The van der Waals surface area contributed by atoms with Crippen LogP contribution in [0.2, 0.25) is 0 Å². The van der Waals surface area contributed by atoms with E-state index >= 15 is 0 Å². The predicted molar refractivity (Wildman–Crippen MR) is 260 cm³/mol. The summed E-state index contributed by atoms with van der Waals surface area (Å²) < 4.78 is 5.47. The summed E-state index contributed by atoms with van der Waals surface area (Å²) in [6.07, 6.45) is 59.1. The van der Waals surface area contributed by atoms with E-state index in [1.54, 1.807) is 6.08 Å². The highest BCUT2D eigenvalue weighted by Gasteiger charge is 2.18. The second-order valence-corrected chi connectivity index (χ2v) is 18.2. The Hall–Kier alpha value is -1.66. The van der Waals surface area contributed by atoms with Gasteiger partial charge >= 0.3 is 5.97 Å². The minimum atomic E-state index is -0.849. The van der Waals surface area contributed by atoms with Gasteiger partial charge in [-0.15, -0.1) is 0 Å². The van der Waals surface area contributed by atoms with E-state index in [1.165, 1.54) is 199 Å². The number of unbranched alkanes of at least 4 members (excludes halogenated alkanes) is 36. The summed E-state index contributed by atoms with van der Waals surface area (Å²) in [5.41, 5.74) is 0. The highest BCUT2D eigenvalue weighted by molar-refractivity contribution is 5.76. The SMILES string of the molecule is CCCCCCCCC/C=C/C(O)C(CO)NC(=O)CCCCCCCCC/C=C\CCCCCCCCOC(=O)CCCCCCCCCCCCCCCCCCC. The maximum atomic E-state index is 12.4. The Morgan fingerprint density at radius 2 is 0.783 bits per heavy atom. The molecule has 0 radical (unpaired) electrons. The Bertz CT molecular complexity index is 935. The summed E-state index contributed by atoms with van der Waals surface area (Å²) >= 11 is 0. The van der Waals surface area contributed by atoms with E-state index in [9.17, 15) is 19.8 Å². The van der Waals surface area contributed by atoms with Crippen LogP contribution in [0.15, 0.2) is 24.3 Å². The van der Waals surface area contributed by atoms with Gasteiger partial charge in [-0.2, -0.15) is 0 Å². The van der Waals surface area contributed by atoms with Crippen LogP contribution in [0.25, 0.3) is 0 Å². The Morgan fingerprint density at radius 1 is 0.450 bits per heavy atom. The fourth-order valence-electron chi connectivity index (χ4n) is 8.10. The lowest BCUT2D eigenvalue weighted by Gasteiger charge is -2.20. The average molecular weight is 846 g/mol. The number of esters is 1. The molecule has 354 valence electrons. The van der Waals surface area contributed by atoms with Crippen LogP contribution in [0, 0.1) is 0 Å². The number of nitrogens with one attached hydrogen (secondary N) is 1. The fourth-order valence-corrected chi connectivity index (χ4v) is 8.10. The third kappa shape index (κ3) is 45.9. The fraction of sp³-hybridized carbons (Fsp3) is 0.889. The van der Waals surface area contributed by atoms with Gasteiger partial charge in [0, 0.05) is 12.8 Å². The molecule has 0 aliphatic carbocycles. The van der Waals surface area contributed by atoms with Gasteiger partial charge in [-0.25, -0.2) is 0 Å². The Balaban J connectivity index is 3.43. The van der Waals surface area contributed by atoms with Crippen LogP contribution in [0.3, 0.4) is 0 Å². The van der Waals surface area contributed by atoms with Gasteiger partial charge in [0.05, 0.1) is 25.4 Å². The first-order valence-electron chi connectivity index (χ1n) is 26.6. The highest BCUT2D eigenvalue weighted by Crippen LogP contribution is 2.16. The lowest BCUT2D eigenvalue weighted by molar-refractivity contribution is -0.143. The monoisotopic (exact) mass is 846 g/mol. The van der Waals surface area contributed by atoms with Crippen molar-refractivity contribution >= 4 is 11.9 Å². The molecule has 0 aromatic heterocycles. The molecule has 0 rings (SSSR count). The molecule has 0 aromatic carbocycles. The number of hydrogen-bond donors (Lipinski definition) is 3. The zero-order valence-corrected chi connectivity index (χ0v) is 40.2. The number of amides is 1.